The lowest BCUT2D eigenvalue weighted by atomic mass is 10.4. The summed E-state index contributed by atoms with van der Waals surface area (Å²) >= 11 is 4.46. The minimum Gasteiger partial charge on any atom is -0.276 e. The van der Waals surface area contributed by atoms with Gasteiger partial charge < -0.3 is 0 Å². The van der Waals surface area contributed by atoms with Crippen LogP contribution in [-0.4, -0.2) is 10.1 Å². The molecule has 0 aromatic heterocycles. The first-order valence-corrected chi connectivity index (χ1v) is 6.27. The normalized spacial score (nSPS) is 12.5. The van der Waals surface area contributed by atoms with Gasteiger partial charge in [0.1, 0.15) is 0 Å². The minimum absolute atomic E-state index is 0.0881. The number of hydrogen-bond donors (Lipinski definition) is 3. The van der Waals surface area contributed by atoms with E-state index in [2.05, 4.69) is 22.7 Å². The zero-order chi connectivity index (χ0) is 9.61. The maximum absolute atomic E-state index is 5.45. The van der Waals surface area contributed by atoms with E-state index in [4.69, 9.17) is 5.14 Å². The number of hydrogen-bond acceptors (Lipinski definition) is 6. The Morgan fingerprint density at radius 1 is 1.33 bits per heavy atom. The average Bonchev–Trinajstić information content (AvgIpc) is 1.98. The predicted molar refractivity (Wildman–Crippen MR) is 62.4 cm³/mol. The van der Waals surface area contributed by atoms with Gasteiger partial charge in [0, 0.05) is 17.4 Å². The first kappa shape index (κ1) is 12.9. The van der Waals surface area contributed by atoms with E-state index in [1.54, 1.807) is 11.9 Å². The van der Waals surface area contributed by atoms with Crippen molar-refractivity contribution in [1.82, 2.24) is 8.85 Å². The van der Waals surface area contributed by atoms with Crippen LogP contribution < -0.4 is 14.0 Å². The van der Waals surface area contributed by atoms with Crippen molar-refractivity contribution >= 4 is 36.0 Å². The van der Waals surface area contributed by atoms with Crippen molar-refractivity contribution in [3.05, 3.63) is 0 Å². The van der Waals surface area contributed by atoms with Crippen molar-refractivity contribution in [2.45, 2.75) is 37.8 Å². The van der Waals surface area contributed by atoms with E-state index in [0.29, 0.717) is 5.25 Å². The zero-order valence-electron chi connectivity index (χ0n) is 7.88. The van der Waals surface area contributed by atoms with Gasteiger partial charge in [0.25, 0.3) is 0 Å². The van der Waals surface area contributed by atoms with Gasteiger partial charge in [0.05, 0.1) is 4.87 Å². The largest absolute Gasteiger partial charge is 0.276 e. The summed E-state index contributed by atoms with van der Waals surface area (Å²) in [6, 6.07) is 0. The molecule has 0 aliphatic carbocycles. The first-order chi connectivity index (χ1) is 5.48. The number of rotatable bonds is 6. The predicted octanol–water partition coefficient (Wildman–Crippen LogP) is 2.13. The summed E-state index contributed by atoms with van der Waals surface area (Å²) in [4.78, 5) is -0.0881. The van der Waals surface area contributed by atoms with Gasteiger partial charge in [-0.05, 0) is 13.8 Å². The first-order valence-electron chi connectivity index (χ1n) is 3.69. The van der Waals surface area contributed by atoms with Gasteiger partial charge >= 0.3 is 0 Å². The Hall–Kier alpha value is 0.930. The lowest BCUT2D eigenvalue weighted by Crippen LogP contribution is -2.33. The molecule has 0 heterocycles. The number of nitrogens with one attached hydrogen (secondary N) is 2. The summed E-state index contributed by atoms with van der Waals surface area (Å²) in [7, 11) is 0. The fourth-order valence-corrected chi connectivity index (χ4v) is 1.98. The van der Waals surface area contributed by atoms with Gasteiger partial charge in [0.15, 0.2) is 0 Å². The maximum atomic E-state index is 5.45. The summed E-state index contributed by atoms with van der Waals surface area (Å²) in [5, 5.41) is 6.05. The minimum atomic E-state index is -0.0881. The second-order valence-corrected chi connectivity index (χ2v) is 6.59. The fraction of sp³-hybridized carbons (Fsp3) is 1.00. The van der Waals surface area contributed by atoms with Gasteiger partial charge in [-0.1, -0.05) is 37.7 Å². The van der Waals surface area contributed by atoms with Crippen LogP contribution in [0.4, 0.5) is 0 Å². The molecule has 0 atom stereocenters. The van der Waals surface area contributed by atoms with E-state index in [-0.39, 0.29) is 4.87 Å². The Kier molecular flexibility index (Phi) is 6.89. The third kappa shape index (κ3) is 7.57. The van der Waals surface area contributed by atoms with Gasteiger partial charge in [-0.3, -0.25) is 5.14 Å². The van der Waals surface area contributed by atoms with Crippen LogP contribution in [0.1, 0.15) is 27.7 Å². The van der Waals surface area contributed by atoms with Crippen molar-refractivity contribution in [3.63, 3.8) is 0 Å². The second-order valence-electron chi connectivity index (χ2n) is 3.08. The molecule has 0 saturated heterocycles. The quantitative estimate of drug-likeness (QED) is 0.367. The highest BCUT2D eigenvalue weighted by Crippen LogP contribution is 2.18. The Bertz CT molecular complexity index is 119. The van der Waals surface area contributed by atoms with Crippen molar-refractivity contribution in [2.24, 2.45) is 5.14 Å². The summed E-state index contributed by atoms with van der Waals surface area (Å²) in [6.45, 7) is 8.35. The third-order valence-corrected chi connectivity index (χ3v) is 3.54. The fourth-order valence-electron chi connectivity index (χ4n) is 0.288. The molecule has 3 nitrogen and oxygen atoms in total. The molecular formula is C6H17N3S3. The molecule has 74 valence electrons. The summed E-state index contributed by atoms with van der Waals surface area (Å²) < 4.78 is 6.32. The van der Waals surface area contributed by atoms with E-state index >= 15 is 0 Å². The molecule has 0 radical (unpaired) electrons. The Morgan fingerprint density at radius 3 is 2.33 bits per heavy atom. The Morgan fingerprint density at radius 2 is 1.92 bits per heavy atom. The molecule has 12 heavy (non-hydrogen) atoms. The molecule has 0 spiro atoms. The zero-order valence-corrected chi connectivity index (χ0v) is 10.3. The van der Waals surface area contributed by atoms with E-state index in [9.17, 15) is 0 Å². The summed E-state index contributed by atoms with van der Waals surface area (Å²) in [5.74, 6) is 0. The Labute approximate surface area is 87.9 Å². The smallest absolute Gasteiger partial charge is 0.0834 e. The van der Waals surface area contributed by atoms with Crippen LogP contribution in [0.3, 0.4) is 0 Å². The average molecular weight is 227 g/mol. The van der Waals surface area contributed by atoms with E-state index in [1.807, 2.05) is 13.8 Å². The monoisotopic (exact) mass is 227 g/mol. The summed E-state index contributed by atoms with van der Waals surface area (Å²) in [6.07, 6.45) is 0. The maximum Gasteiger partial charge on any atom is 0.0834 e. The SMILES string of the molecule is CC(C)SNSNC(C)(C)SN. The lowest BCUT2D eigenvalue weighted by Gasteiger charge is -2.21. The molecule has 0 aromatic rings. The molecule has 0 unspecified atom stereocenters. The molecule has 0 aromatic carbocycles. The van der Waals surface area contributed by atoms with E-state index in [1.165, 1.54) is 24.1 Å². The van der Waals surface area contributed by atoms with Crippen molar-refractivity contribution < 1.29 is 0 Å². The molecule has 0 bridgehead atoms. The van der Waals surface area contributed by atoms with Crippen molar-refractivity contribution in [3.8, 4) is 0 Å². The summed E-state index contributed by atoms with van der Waals surface area (Å²) in [5.41, 5.74) is 0. The van der Waals surface area contributed by atoms with Crippen molar-refractivity contribution in [2.75, 3.05) is 0 Å². The molecule has 6 heteroatoms. The number of nitrogens with two attached hydrogens (primary N) is 1. The van der Waals surface area contributed by atoms with E-state index in [0.717, 1.165) is 0 Å². The molecule has 4 N–H and O–H groups in total. The van der Waals surface area contributed by atoms with Gasteiger partial charge in [0.2, 0.25) is 0 Å². The third-order valence-electron chi connectivity index (χ3n) is 0.917. The highest BCUT2D eigenvalue weighted by Gasteiger charge is 2.15. The van der Waals surface area contributed by atoms with E-state index < -0.39 is 0 Å². The standard InChI is InChI=1S/C6H17N3S3/c1-5(2)10-9-12-8-6(3,4)11-7/h5,8-9H,7H2,1-4H3. The van der Waals surface area contributed by atoms with Crippen LogP contribution in [0.15, 0.2) is 0 Å². The molecule has 0 saturated carbocycles. The molecule has 0 aliphatic heterocycles. The van der Waals surface area contributed by atoms with Crippen LogP contribution in [-0.2, 0) is 0 Å². The topological polar surface area (TPSA) is 50.1 Å². The highest BCUT2D eigenvalue weighted by atomic mass is 32.2. The van der Waals surface area contributed by atoms with Gasteiger partial charge in [-0.25, -0.2) is 4.72 Å². The van der Waals surface area contributed by atoms with Gasteiger partial charge in [-0.15, -0.1) is 0 Å². The molecule has 0 rings (SSSR count). The van der Waals surface area contributed by atoms with Crippen molar-refractivity contribution in [1.29, 1.82) is 0 Å². The molecule has 0 aliphatic rings. The molecule has 0 amide bonds. The van der Waals surface area contributed by atoms with Crippen LogP contribution in [0, 0.1) is 0 Å². The molecular weight excluding hydrogens is 210 g/mol. The van der Waals surface area contributed by atoms with Gasteiger partial charge in [-0.2, -0.15) is 4.13 Å². The van der Waals surface area contributed by atoms with Crippen LogP contribution in [0.25, 0.3) is 0 Å². The van der Waals surface area contributed by atoms with Crippen LogP contribution in [0.5, 0.6) is 0 Å². The van der Waals surface area contributed by atoms with Crippen LogP contribution in [0.2, 0.25) is 0 Å². The lowest BCUT2D eigenvalue weighted by molar-refractivity contribution is 0.700. The second kappa shape index (κ2) is 6.39. The Balaban J connectivity index is 3.31. The molecule has 0 fully saturated rings. The highest BCUT2D eigenvalue weighted by molar-refractivity contribution is 8.12. The van der Waals surface area contributed by atoms with Crippen LogP contribution >= 0.6 is 36.0 Å².